The van der Waals surface area contributed by atoms with Crippen molar-refractivity contribution < 1.29 is 14.3 Å². The Kier molecular flexibility index (Phi) is 7.25. The van der Waals surface area contributed by atoms with Crippen molar-refractivity contribution in [2.24, 2.45) is 0 Å². The van der Waals surface area contributed by atoms with Gasteiger partial charge in [-0.05, 0) is 37.8 Å². The molecule has 0 bridgehead atoms. The molecule has 2 aromatic carbocycles. The molecule has 1 unspecified atom stereocenters. The largest absolute Gasteiger partial charge is 0.447 e. The van der Waals surface area contributed by atoms with Crippen LogP contribution in [0.4, 0.5) is 11.8 Å². The van der Waals surface area contributed by atoms with E-state index in [2.05, 4.69) is 10.6 Å². The lowest BCUT2D eigenvalue weighted by atomic mass is 9.91. The summed E-state index contributed by atoms with van der Waals surface area (Å²) in [6.45, 7) is 1.32. The molecule has 8 nitrogen and oxygen atoms in total. The highest BCUT2D eigenvalue weighted by molar-refractivity contribution is 5.90. The minimum absolute atomic E-state index is 0.0298. The standard InChI is InChI=1S/C26H31N5O3/c1-17(32)34-23(18-9-5-4-6-10-18)25(33)27-19-13-15-20(16-14-19)28-26-29-22-12-8-7-11-21(22)24(30-26)31(2)3/h4-12,19-20,23H,13-16H2,1-3H3,(H,27,33)(H,28,29,30). The Morgan fingerprint density at radius 2 is 1.59 bits per heavy atom. The van der Waals surface area contributed by atoms with E-state index in [-0.39, 0.29) is 18.0 Å². The SMILES string of the molecule is CC(=O)OC(C(=O)NC1CCC(Nc2nc(N(C)C)c3ccccc3n2)CC1)c1ccccc1. The molecule has 178 valence electrons. The summed E-state index contributed by atoms with van der Waals surface area (Å²) in [7, 11) is 3.95. The molecule has 1 atom stereocenters. The lowest BCUT2D eigenvalue weighted by Crippen LogP contribution is -2.43. The van der Waals surface area contributed by atoms with Gasteiger partial charge in [0.1, 0.15) is 5.82 Å². The van der Waals surface area contributed by atoms with Gasteiger partial charge < -0.3 is 20.3 Å². The Morgan fingerprint density at radius 3 is 2.26 bits per heavy atom. The number of esters is 1. The third-order valence-electron chi connectivity index (χ3n) is 6.04. The first kappa shape index (κ1) is 23.5. The van der Waals surface area contributed by atoms with Crippen LogP contribution < -0.4 is 15.5 Å². The average Bonchev–Trinajstić information content (AvgIpc) is 2.83. The second-order valence-corrected chi connectivity index (χ2v) is 8.88. The van der Waals surface area contributed by atoms with Crippen LogP contribution in [-0.2, 0) is 14.3 Å². The molecule has 0 aliphatic heterocycles. The van der Waals surface area contributed by atoms with E-state index >= 15 is 0 Å². The molecule has 4 rings (SSSR count). The lowest BCUT2D eigenvalue weighted by Gasteiger charge is -2.31. The Morgan fingerprint density at radius 1 is 0.941 bits per heavy atom. The van der Waals surface area contributed by atoms with Gasteiger partial charge in [0.05, 0.1) is 5.52 Å². The van der Waals surface area contributed by atoms with Crippen LogP contribution in [0.5, 0.6) is 0 Å². The van der Waals surface area contributed by atoms with Crippen molar-refractivity contribution in [3.63, 3.8) is 0 Å². The molecule has 1 fully saturated rings. The molecule has 1 amide bonds. The van der Waals surface area contributed by atoms with Gasteiger partial charge in [-0.2, -0.15) is 4.98 Å². The van der Waals surface area contributed by atoms with Crippen molar-refractivity contribution >= 4 is 34.5 Å². The summed E-state index contributed by atoms with van der Waals surface area (Å²) in [5.41, 5.74) is 1.57. The molecular weight excluding hydrogens is 430 g/mol. The summed E-state index contributed by atoms with van der Waals surface area (Å²) in [6, 6.07) is 17.3. The van der Waals surface area contributed by atoms with Crippen molar-refractivity contribution in [3.05, 3.63) is 60.2 Å². The average molecular weight is 462 g/mol. The Hall–Kier alpha value is -3.68. The Labute approximate surface area is 199 Å². The highest BCUT2D eigenvalue weighted by Gasteiger charge is 2.28. The monoisotopic (exact) mass is 461 g/mol. The second-order valence-electron chi connectivity index (χ2n) is 8.88. The first-order chi connectivity index (χ1) is 16.4. The third-order valence-corrected chi connectivity index (χ3v) is 6.04. The topological polar surface area (TPSA) is 96.5 Å². The first-order valence-electron chi connectivity index (χ1n) is 11.6. The van der Waals surface area contributed by atoms with Crippen LogP contribution in [0.15, 0.2) is 54.6 Å². The normalized spacial score (nSPS) is 18.7. The van der Waals surface area contributed by atoms with Crippen LogP contribution in [0.2, 0.25) is 0 Å². The van der Waals surface area contributed by atoms with Gasteiger partial charge in [0.15, 0.2) is 0 Å². The molecule has 2 N–H and O–H groups in total. The van der Waals surface area contributed by atoms with Crippen molar-refractivity contribution in [1.29, 1.82) is 0 Å². The van der Waals surface area contributed by atoms with Gasteiger partial charge >= 0.3 is 5.97 Å². The zero-order valence-electron chi connectivity index (χ0n) is 19.8. The maximum atomic E-state index is 12.9. The molecule has 8 heteroatoms. The molecule has 34 heavy (non-hydrogen) atoms. The highest BCUT2D eigenvalue weighted by atomic mass is 16.5. The van der Waals surface area contributed by atoms with Gasteiger partial charge in [0, 0.05) is 44.1 Å². The van der Waals surface area contributed by atoms with E-state index in [9.17, 15) is 9.59 Å². The fraction of sp³-hybridized carbons (Fsp3) is 0.385. The number of hydrogen-bond acceptors (Lipinski definition) is 7. The number of fused-ring (bicyclic) bond motifs is 1. The maximum Gasteiger partial charge on any atom is 0.303 e. The van der Waals surface area contributed by atoms with E-state index in [0.29, 0.717) is 11.5 Å². The number of amides is 1. The van der Waals surface area contributed by atoms with Gasteiger partial charge in [-0.25, -0.2) is 4.98 Å². The van der Waals surface area contributed by atoms with Crippen LogP contribution in [0.25, 0.3) is 10.9 Å². The minimum Gasteiger partial charge on any atom is -0.447 e. The van der Waals surface area contributed by atoms with Crippen LogP contribution in [0.1, 0.15) is 44.3 Å². The zero-order valence-corrected chi connectivity index (χ0v) is 19.8. The van der Waals surface area contributed by atoms with E-state index in [1.54, 1.807) is 12.1 Å². The summed E-state index contributed by atoms with van der Waals surface area (Å²) in [4.78, 5) is 35.9. The van der Waals surface area contributed by atoms with E-state index < -0.39 is 12.1 Å². The summed E-state index contributed by atoms with van der Waals surface area (Å²) >= 11 is 0. The van der Waals surface area contributed by atoms with Gasteiger partial charge in [-0.15, -0.1) is 0 Å². The Balaban J connectivity index is 1.37. The number of hydrogen-bond donors (Lipinski definition) is 2. The molecule has 0 radical (unpaired) electrons. The maximum absolute atomic E-state index is 12.9. The predicted octanol–water partition coefficient (Wildman–Crippen LogP) is 3.84. The van der Waals surface area contributed by atoms with Crippen molar-refractivity contribution in [2.75, 3.05) is 24.3 Å². The molecule has 0 saturated heterocycles. The van der Waals surface area contributed by atoms with E-state index in [1.807, 2.05) is 61.5 Å². The number of ether oxygens (including phenoxy) is 1. The number of anilines is 2. The smallest absolute Gasteiger partial charge is 0.303 e. The van der Waals surface area contributed by atoms with Crippen LogP contribution >= 0.6 is 0 Å². The second kappa shape index (κ2) is 10.5. The number of nitrogens with one attached hydrogen (secondary N) is 2. The van der Waals surface area contributed by atoms with E-state index in [4.69, 9.17) is 14.7 Å². The molecule has 3 aromatic rings. The number of aromatic nitrogens is 2. The molecule has 1 aliphatic rings. The summed E-state index contributed by atoms with van der Waals surface area (Å²) in [6.07, 6.45) is 2.45. The molecular formula is C26H31N5O3. The van der Waals surface area contributed by atoms with Crippen molar-refractivity contribution in [2.45, 2.75) is 50.8 Å². The van der Waals surface area contributed by atoms with Gasteiger partial charge in [-0.1, -0.05) is 42.5 Å². The summed E-state index contributed by atoms with van der Waals surface area (Å²) in [5, 5.41) is 7.58. The van der Waals surface area contributed by atoms with Crippen LogP contribution in [0, 0.1) is 0 Å². The van der Waals surface area contributed by atoms with Crippen LogP contribution in [-0.4, -0.2) is 48.0 Å². The van der Waals surface area contributed by atoms with Gasteiger partial charge in [0.25, 0.3) is 5.91 Å². The number of para-hydroxylation sites is 1. The molecule has 0 spiro atoms. The van der Waals surface area contributed by atoms with Gasteiger partial charge in [0.2, 0.25) is 12.1 Å². The van der Waals surface area contributed by atoms with Crippen molar-refractivity contribution in [1.82, 2.24) is 15.3 Å². The first-order valence-corrected chi connectivity index (χ1v) is 11.6. The summed E-state index contributed by atoms with van der Waals surface area (Å²) < 4.78 is 5.32. The van der Waals surface area contributed by atoms with Gasteiger partial charge in [-0.3, -0.25) is 9.59 Å². The molecule has 1 aliphatic carbocycles. The molecule has 1 saturated carbocycles. The highest BCUT2D eigenvalue weighted by Crippen LogP contribution is 2.27. The fourth-order valence-electron chi connectivity index (χ4n) is 4.37. The number of rotatable bonds is 7. The quantitative estimate of drug-likeness (QED) is 0.516. The minimum atomic E-state index is -0.940. The third kappa shape index (κ3) is 5.62. The lowest BCUT2D eigenvalue weighted by molar-refractivity contribution is -0.154. The summed E-state index contributed by atoms with van der Waals surface area (Å²) in [5.74, 6) is 0.732. The van der Waals surface area contributed by atoms with Crippen molar-refractivity contribution in [3.8, 4) is 0 Å². The van der Waals surface area contributed by atoms with Crippen LogP contribution in [0.3, 0.4) is 0 Å². The van der Waals surface area contributed by atoms with E-state index in [1.165, 1.54) is 6.92 Å². The number of carbonyl (C=O) groups is 2. The molecule has 1 heterocycles. The number of carbonyl (C=O) groups excluding carboxylic acids is 2. The zero-order chi connectivity index (χ0) is 24.1. The number of benzene rings is 2. The van der Waals surface area contributed by atoms with E-state index in [0.717, 1.165) is 42.4 Å². The molecule has 1 aromatic heterocycles. The number of nitrogens with zero attached hydrogens (tertiary/aromatic N) is 3. The Bertz CT molecular complexity index is 1140. The predicted molar refractivity (Wildman–Crippen MR) is 133 cm³/mol. The fourth-order valence-corrected chi connectivity index (χ4v) is 4.37.